The Morgan fingerprint density at radius 2 is 1.82 bits per heavy atom. The molecule has 0 aromatic heterocycles. The van der Waals surface area contributed by atoms with E-state index < -0.39 is 23.8 Å². The van der Waals surface area contributed by atoms with Gasteiger partial charge in [-0.2, -0.15) is 13.2 Å². The number of rotatable bonds is 6. The van der Waals surface area contributed by atoms with Crippen molar-refractivity contribution in [1.82, 2.24) is 0 Å². The van der Waals surface area contributed by atoms with Gasteiger partial charge in [-0.1, -0.05) is 36.4 Å². The van der Waals surface area contributed by atoms with Gasteiger partial charge >= 0.3 is 12.1 Å². The summed E-state index contributed by atoms with van der Waals surface area (Å²) in [6.07, 6.45) is -2.88. The van der Waals surface area contributed by atoms with Crippen LogP contribution in [-0.4, -0.2) is 20.2 Å². The van der Waals surface area contributed by atoms with Gasteiger partial charge in [-0.15, -0.1) is 0 Å². The molecule has 0 radical (unpaired) electrons. The molecule has 3 aromatic rings. The van der Waals surface area contributed by atoms with E-state index in [1.54, 1.807) is 18.2 Å². The standard InChI is InChI=1S/C27H26F3NO3/c1-33-24-12-7-16(14-25(32)34-2)13-22(24)20-11-9-18(27(28,29)30)15-23(20)26(31)21-10-8-17-5-3-4-6-19(17)21/h3-7,9,11-13,15,21,26H,8,10,14,31H2,1-2H3/t21?,26-/m1/s1. The average Bonchev–Trinajstić information content (AvgIpc) is 3.26. The Morgan fingerprint density at radius 1 is 1.06 bits per heavy atom. The number of fused-ring (bicyclic) bond motifs is 1. The zero-order valence-corrected chi connectivity index (χ0v) is 19.0. The fourth-order valence-corrected chi connectivity index (χ4v) is 4.75. The molecule has 3 aromatic carbocycles. The summed E-state index contributed by atoms with van der Waals surface area (Å²) in [5.41, 5.74) is 10.4. The first-order valence-corrected chi connectivity index (χ1v) is 11.0. The third kappa shape index (κ3) is 4.66. The maximum Gasteiger partial charge on any atom is 0.416 e. The molecule has 178 valence electrons. The van der Waals surface area contributed by atoms with Crippen LogP contribution in [0.25, 0.3) is 11.1 Å². The molecule has 0 fully saturated rings. The van der Waals surface area contributed by atoms with Crippen molar-refractivity contribution in [1.29, 1.82) is 0 Å². The molecule has 0 heterocycles. The number of benzene rings is 3. The summed E-state index contributed by atoms with van der Waals surface area (Å²) >= 11 is 0. The number of carbonyl (C=O) groups is 1. The molecule has 4 rings (SSSR count). The number of carbonyl (C=O) groups excluding carboxylic acids is 1. The first-order chi connectivity index (χ1) is 16.2. The maximum absolute atomic E-state index is 13.7. The third-order valence-corrected chi connectivity index (χ3v) is 6.48. The highest BCUT2D eigenvalue weighted by Crippen LogP contribution is 2.45. The fraction of sp³-hybridized carbons (Fsp3) is 0.296. The number of halogens is 3. The number of hydrogen-bond acceptors (Lipinski definition) is 4. The van der Waals surface area contributed by atoms with Crippen molar-refractivity contribution in [2.24, 2.45) is 5.73 Å². The summed E-state index contributed by atoms with van der Waals surface area (Å²) in [5.74, 6) is -0.0423. The fourth-order valence-electron chi connectivity index (χ4n) is 4.75. The molecule has 0 bridgehead atoms. The average molecular weight is 470 g/mol. The zero-order valence-electron chi connectivity index (χ0n) is 19.0. The van der Waals surface area contributed by atoms with E-state index >= 15 is 0 Å². The summed E-state index contributed by atoms with van der Waals surface area (Å²) in [5, 5.41) is 0. The minimum absolute atomic E-state index is 0.0333. The summed E-state index contributed by atoms with van der Waals surface area (Å²) in [7, 11) is 2.80. The van der Waals surface area contributed by atoms with Gasteiger partial charge in [0.2, 0.25) is 0 Å². The topological polar surface area (TPSA) is 61.5 Å². The van der Waals surface area contributed by atoms with Crippen LogP contribution in [0.5, 0.6) is 5.75 Å². The lowest BCUT2D eigenvalue weighted by Gasteiger charge is -2.25. The van der Waals surface area contributed by atoms with Crippen molar-refractivity contribution >= 4 is 5.97 Å². The van der Waals surface area contributed by atoms with Gasteiger partial charge in [0.05, 0.1) is 26.2 Å². The second-order valence-electron chi connectivity index (χ2n) is 8.46. The molecule has 1 unspecified atom stereocenters. The van der Waals surface area contributed by atoms with E-state index in [0.717, 1.165) is 30.5 Å². The smallest absolute Gasteiger partial charge is 0.416 e. The van der Waals surface area contributed by atoms with Crippen LogP contribution in [0, 0.1) is 0 Å². The SMILES string of the molecule is COC(=O)Cc1ccc(OC)c(-c2ccc(C(F)(F)F)cc2[C@H](N)C2CCc3ccccc32)c1. The molecule has 34 heavy (non-hydrogen) atoms. The minimum Gasteiger partial charge on any atom is -0.496 e. The number of methoxy groups -OCH3 is 2. The minimum atomic E-state index is -4.50. The highest BCUT2D eigenvalue weighted by Gasteiger charge is 2.35. The molecule has 4 nitrogen and oxygen atoms in total. The molecule has 1 aliphatic carbocycles. The Hall–Kier alpha value is -3.32. The number of aryl methyl sites for hydroxylation is 1. The van der Waals surface area contributed by atoms with E-state index in [1.165, 1.54) is 25.8 Å². The monoisotopic (exact) mass is 469 g/mol. The van der Waals surface area contributed by atoms with Crippen molar-refractivity contribution in [2.45, 2.75) is 37.4 Å². The van der Waals surface area contributed by atoms with Gasteiger partial charge in [0.25, 0.3) is 0 Å². The van der Waals surface area contributed by atoms with Crippen LogP contribution in [0.4, 0.5) is 13.2 Å². The third-order valence-electron chi connectivity index (χ3n) is 6.48. The van der Waals surface area contributed by atoms with Crippen molar-refractivity contribution in [2.75, 3.05) is 14.2 Å². The molecule has 0 saturated heterocycles. The molecule has 0 amide bonds. The Bertz CT molecular complexity index is 1210. The summed E-state index contributed by atoms with van der Waals surface area (Å²) in [6.45, 7) is 0. The van der Waals surface area contributed by atoms with Crippen LogP contribution < -0.4 is 10.5 Å². The van der Waals surface area contributed by atoms with Gasteiger partial charge in [-0.3, -0.25) is 4.79 Å². The summed E-state index contributed by atoms with van der Waals surface area (Å²) in [4.78, 5) is 11.8. The predicted molar refractivity (Wildman–Crippen MR) is 124 cm³/mol. The molecular formula is C27H26F3NO3. The van der Waals surface area contributed by atoms with Crippen LogP contribution in [0.3, 0.4) is 0 Å². The van der Waals surface area contributed by atoms with Gasteiger partial charge < -0.3 is 15.2 Å². The Morgan fingerprint density at radius 3 is 2.53 bits per heavy atom. The van der Waals surface area contributed by atoms with Gasteiger partial charge in [-0.05, 0) is 64.9 Å². The van der Waals surface area contributed by atoms with Crippen LogP contribution >= 0.6 is 0 Å². The second-order valence-corrected chi connectivity index (χ2v) is 8.46. The second kappa shape index (κ2) is 9.50. The Balaban J connectivity index is 1.86. The van der Waals surface area contributed by atoms with Gasteiger partial charge in [0, 0.05) is 17.5 Å². The first kappa shape index (κ1) is 23.8. The molecule has 0 spiro atoms. The van der Waals surface area contributed by atoms with Crippen molar-refractivity contribution in [3.63, 3.8) is 0 Å². The van der Waals surface area contributed by atoms with Crippen molar-refractivity contribution in [3.05, 3.63) is 88.5 Å². The number of alkyl halides is 3. The van der Waals surface area contributed by atoms with Crippen LogP contribution in [-0.2, 0) is 28.5 Å². The number of hydrogen-bond donors (Lipinski definition) is 1. The van der Waals surface area contributed by atoms with Crippen molar-refractivity contribution < 1.29 is 27.4 Å². The lowest BCUT2D eigenvalue weighted by molar-refractivity contribution is -0.140. The van der Waals surface area contributed by atoms with Gasteiger partial charge in [0.1, 0.15) is 5.75 Å². The van der Waals surface area contributed by atoms with E-state index in [0.29, 0.717) is 28.0 Å². The summed E-state index contributed by atoms with van der Waals surface area (Å²) in [6, 6.07) is 16.1. The molecule has 7 heteroatoms. The van der Waals surface area contributed by atoms with E-state index in [-0.39, 0.29) is 12.3 Å². The van der Waals surface area contributed by atoms with Gasteiger partial charge in [0.15, 0.2) is 0 Å². The normalized spacial score (nSPS) is 16.1. The number of ether oxygens (including phenoxy) is 2. The van der Waals surface area contributed by atoms with E-state index in [2.05, 4.69) is 0 Å². The van der Waals surface area contributed by atoms with E-state index in [4.69, 9.17) is 15.2 Å². The Kier molecular flexibility index (Phi) is 6.66. The molecule has 2 N–H and O–H groups in total. The van der Waals surface area contributed by atoms with E-state index in [1.807, 2.05) is 24.3 Å². The zero-order chi connectivity index (χ0) is 24.5. The number of nitrogens with two attached hydrogens (primary N) is 1. The quantitative estimate of drug-likeness (QED) is 0.462. The molecule has 0 saturated carbocycles. The van der Waals surface area contributed by atoms with Crippen LogP contribution in [0.2, 0.25) is 0 Å². The lowest BCUT2D eigenvalue weighted by Crippen LogP contribution is -2.20. The summed E-state index contributed by atoms with van der Waals surface area (Å²) < 4.78 is 51.2. The maximum atomic E-state index is 13.7. The lowest BCUT2D eigenvalue weighted by atomic mass is 9.83. The molecule has 1 aliphatic rings. The van der Waals surface area contributed by atoms with Crippen molar-refractivity contribution in [3.8, 4) is 16.9 Å². The highest BCUT2D eigenvalue weighted by atomic mass is 19.4. The molecular weight excluding hydrogens is 443 g/mol. The van der Waals surface area contributed by atoms with Crippen LogP contribution in [0.15, 0.2) is 60.7 Å². The van der Waals surface area contributed by atoms with E-state index in [9.17, 15) is 18.0 Å². The largest absolute Gasteiger partial charge is 0.496 e. The van der Waals surface area contributed by atoms with Crippen LogP contribution in [0.1, 0.15) is 46.2 Å². The highest BCUT2D eigenvalue weighted by molar-refractivity contribution is 5.78. The Labute approximate surface area is 196 Å². The predicted octanol–water partition coefficient (Wildman–Crippen LogP) is 5.83. The molecule has 2 atom stereocenters. The van der Waals surface area contributed by atoms with Gasteiger partial charge in [-0.25, -0.2) is 0 Å². The molecule has 0 aliphatic heterocycles. The first-order valence-electron chi connectivity index (χ1n) is 11.0. The number of esters is 1.